The number of hydrogen-bond donors (Lipinski definition) is 1. The van der Waals surface area contributed by atoms with Gasteiger partial charge in [-0.2, -0.15) is 4.79 Å². The van der Waals surface area contributed by atoms with Crippen molar-refractivity contribution in [3.63, 3.8) is 0 Å². The van der Waals surface area contributed by atoms with Gasteiger partial charge in [-0.3, -0.25) is 0 Å². The molecule has 0 spiro atoms. The number of carbonyl (C=O) groups excluding carboxylic acids is 1. The molecule has 2 aromatic rings. The molecule has 1 atom stereocenters. The van der Waals surface area contributed by atoms with E-state index < -0.39 is 5.60 Å². The highest BCUT2D eigenvalue weighted by atomic mass is 32.1. The van der Waals surface area contributed by atoms with Crippen molar-refractivity contribution in [3.8, 4) is 5.88 Å². The maximum Gasteiger partial charge on any atom is 0.596 e. The van der Waals surface area contributed by atoms with Gasteiger partial charge in [0.1, 0.15) is 29.9 Å². The normalized spacial score (nSPS) is 23.9. The Morgan fingerprint density at radius 2 is 2.00 bits per heavy atom. The van der Waals surface area contributed by atoms with E-state index in [4.69, 9.17) is 9.47 Å². The molecular formula is C24H34N3O4S+. The molecule has 0 bridgehead atoms. The lowest BCUT2D eigenvalue weighted by atomic mass is 9.88. The SMILES string of the molecule is C[N+](=CC1CCC(Oc2ncnc3sc4c(c23)C(CCO)CC4)CC1)C(=O)OC(C)(C)C. The van der Waals surface area contributed by atoms with E-state index >= 15 is 0 Å². The summed E-state index contributed by atoms with van der Waals surface area (Å²) in [5.74, 6) is 1.39. The van der Waals surface area contributed by atoms with Gasteiger partial charge < -0.3 is 14.6 Å². The first-order valence-corrected chi connectivity index (χ1v) is 12.4. The fraction of sp³-hybridized carbons (Fsp3) is 0.667. The molecule has 7 nitrogen and oxygen atoms in total. The molecule has 0 aromatic carbocycles. The molecule has 0 aliphatic heterocycles. The Bertz CT molecular complexity index is 1000. The maximum atomic E-state index is 12.2. The van der Waals surface area contributed by atoms with Gasteiger partial charge in [-0.25, -0.2) is 9.97 Å². The minimum Gasteiger partial charge on any atom is -0.474 e. The van der Waals surface area contributed by atoms with Crippen molar-refractivity contribution in [2.24, 2.45) is 5.92 Å². The smallest absolute Gasteiger partial charge is 0.474 e. The average Bonchev–Trinajstić information content (AvgIpc) is 3.28. The van der Waals surface area contributed by atoms with Crippen LogP contribution < -0.4 is 4.74 Å². The van der Waals surface area contributed by atoms with Crippen LogP contribution in [-0.4, -0.2) is 57.3 Å². The molecule has 174 valence electrons. The van der Waals surface area contributed by atoms with Crippen molar-refractivity contribution < 1.29 is 24.0 Å². The van der Waals surface area contributed by atoms with E-state index in [0.29, 0.717) is 17.7 Å². The number of amides is 1. The van der Waals surface area contributed by atoms with Gasteiger partial charge in [0.25, 0.3) is 0 Å². The standard InChI is InChI=1S/C24H34N3O4S/c1-24(2,3)31-23(29)27(4)13-15-5-8-17(9-6-15)30-21-20-19-16(11-12-28)7-10-18(19)32-22(20)26-14-25-21/h13-17,28H,5-12H2,1-4H3/q+1. The predicted molar refractivity (Wildman–Crippen MR) is 125 cm³/mol. The Kier molecular flexibility index (Phi) is 6.81. The molecule has 1 fully saturated rings. The van der Waals surface area contributed by atoms with Gasteiger partial charge in [-0.15, -0.1) is 15.9 Å². The zero-order valence-corrected chi connectivity index (χ0v) is 20.3. The molecule has 1 unspecified atom stereocenters. The second-order valence-corrected chi connectivity index (χ2v) is 11.0. The number of aliphatic hydroxyl groups excluding tert-OH is 1. The van der Waals surface area contributed by atoms with Gasteiger partial charge in [-0.05, 0) is 77.2 Å². The first kappa shape index (κ1) is 23.1. The third-order valence-corrected chi connectivity index (χ3v) is 7.46. The molecular weight excluding hydrogens is 426 g/mol. The molecule has 32 heavy (non-hydrogen) atoms. The van der Waals surface area contributed by atoms with Crippen LogP contribution in [0.5, 0.6) is 5.88 Å². The van der Waals surface area contributed by atoms with Crippen LogP contribution in [0.25, 0.3) is 10.2 Å². The Morgan fingerprint density at radius 3 is 2.69 bits per heavy atom. The van der Waals surface area contributed by atoms with Gasteiger partial charge in [-0.1, -0.05) is 0 Å². The molecule has 1 saturated carbocycles. The lowest BCUT2D eigenvalue weighted by Gasteiger charge is -2.26. The van der Waals surface area contributed by atoms with E-state index in [0.717, 1.165) is 55.2 Å². The zero-order chi connectivity index (χ0) is 22.9. The van der Waals surface area contributed by atoms with Crippen LogP contribution in [0, 0.1) is 5.92 Å². The number of nitrogens with zero attached hydrogens (tertiary/aromatic N) is 3. The largest absolute Gasteiger partial charge is 0.596 e. The molecule has 1 amide bonds. The highest BCUT2D eigenvalue weighted by Gasteiger charge is 2.32. The van der Waals surface area contributed by atoms with Crippen LogP contribution in [0.15, 0.2) is 6.33 Å². The monoisotopic (exact) mass is 460 g/mol. The number of hydrogen-bond acceptors (Lipinski definition) is 7. The second-order valence-electron chi connectivity index (χ2n) is 9.94. The fourth-order valence-electron chi connectivity index (χ4n) is 4.80. The van der Waals surface area contributed by atoms with Crippen LogP contribution in [0.1, 0.15) is 75.7 Å². The topological polar surface area (TPSA) is 84.5 Å². The molecule has 1 N–H and O–H groups in total. The minimum absolute atomic E-state index is 0.109. The van der Waals surface area contributed by atoms with Gasteiger partial charge in [0.2, 0.25) is 5.88 Å². The quantitative estimate of drug-likeness (QED) is 0.515. The molecule has 2 aliphatic rings. The van der Waals surface area contributed by atoms with Gasteiger partial charge in [0.05, 0.1) is 5.39 Å². The van der Waals surface area contributed by atoms with E-state index in [-0.39, 0.29) is 18.8 Å². The predicted octanol–water partition coefficient (Wildman–Crippen LogP) is 4.69. The third-order valence-electron chi connectivity index (χ3n) is 6.29. The van der Waals surface area contributed by atoms with Crippen molar-refractivity contribution in [2.45, 2.75) is 83.3 Å². The van der Waals surface area contributed by atoms with Crippen LogP contribution in [0.2, 0.25) is 0 Å². The minimum atomic E-state index is -0.494. The van der Waals surface area contributed by atoms with Gasteiger partial charge >= 0.3 is 6.09 Å². The molecule has 0 radical (unpaired) electrons. The fourth-order valence-corrected chi connectivity index (χ4v) is 6.03. The van der Waals surface area contributed by atoms with Crippen LogP contribution in [0.4, 0.5) is 4.79 Å². The van der Waals surface area contributed by atoms with Crippen molar-refractivity contribution in [1.29, 1.82) is 0 Å². The lowest BCUT2D eigenvalue weighted by Crippen LogP contribution is -2.32. The summed E-state index contributed by atoms with van der Waals surface area (Å²) in [6, 6.07) is 0. The lowest BCUT2D eigenvalue weighted by molar-refractivity contribution is -0.416. The summed E-state index contributed by atoms with van der Waals surface area (Å²) < 4.78 is 13.4. The Hall–Kier alpha value is -2.06. The Balaban J connectivity index is 1.42. The number of aliphatic hydroxyl groups is 1. The number of fused-ring (bicyclic) bond motifs is 3. The molecule has 8 heteroatoms. The van der Waals surface area contributed by atoms with Crippen molar-refractivity contribution in [1.82, 2.24) is 9.97 Å². The van der Waals surface area contributed by atoms with E-state index in [2.05, 4.69) is 9.97 Å². The summed E-state index contributed by atoms with van der Waals surface area (Å²) >= 11 is 1.74. The summed E-state index contributed by atoms with van der Waals surface area (Å²) in [5, 5.41) is 10.5. The van der Waals surface area contributed by atoms with Crippen molar-refractivity contribution >= 4 is 33.9 Å². The Labute approximate surface area is 193 Å². The van der Waals surface area contributed by atoms with Crippen molar-refractivity contribution in [2.75, 3.05) is 13.7 Å². The molecule has 2 aliphatic carbocycles. The highest BCUT2D eigenvalue weighted by Crippen LogP contribution is 2.47. The summed E-state index contributed by atoms with van der Waals surface area (Å²) in [7, 11) is 1.76. The summed E-state index contributed by atoms with van der Waals surface area (Å²) in [6.45, 7) is 5.82. The zero-order valence-electron chi connectivity index (χ0n) is 19.5. The number of aryl methyl sites for hydroxylation is 1. The van der Waals surface area contributed by atoms with Crippen LogP contribution in [-0.2, 0) is 11.2 Å². The Morgan fingerprint density at radius 1 is 1.25 bits per heavy atom. The van der Waals surface area contributed by atoms with Crippen LogP contribution in [0.3, 0.4) is 0 Å². The van der Waals surface area contributed by atoms with Crippen molar-refractivity contribution in [3.05, 3.63) is 16.8 Å². The molecule has 2 aromatic heterocycles. The van der Waals surface area contributed by atoms with Gasteiger partial charge in [0.15, 0.2) is 6.21 Å². The van der Waals surface area contributed by atoms with E-state index in [9.17, 15) is 9.90 Å². The first-order chi connectivity index (χ1) is 15.2. The number of ether oxygens (including phenoxy) is 2. The second kappa shape index (κ2) is 9.43. The summed E-state index contributed by atoms with van der Waals surface area (Å²) in [6.07, 6.45) is 10.0. The maximum absolute atomic E-state index is 12.2. The highest BCUT2D eigenvalue weighted by molar-refractivity contribution is 7.19. The number of aromatic nitrogens is 2. The number of rotatable bonds is 5. The van der Waals surface area contributed by atoms with Gasteiger partial charge in [0, 0.05) is 17.4 Å². The summed E-state index contributed by atoms with van der Waals surface area (Å²) in [4.78, 5) is 23.6. The van der Waals surface area contributed by atoms with E-state index in [1.54, 1.807) is 29.3 Å². The first-order valence-electron chi connectivity index (χ1n) is 11.6. The van der Waals surface area contributed by atoms with E-state index in [1.807, 2.05) is 27.0 Å². The van der Waals surface area contributed by atoms with E-state index in [1.165, 1.54) is 10.4 Å². The molecule has 4 rings (SSSR count). The summed E-state index contributed by atoms with van der Waals surface area (Å²) in [5.41, 5.74) is 0.807. The van der Waals surface area contributed by atoms with Crippen LogP contribution >= 0.6 is 11.3 Å². The number of carbonyl (C=O) groups is 1. The number of thiophene rings is 1. The molecule has 2 heterocycles. The average molecular weight is 461 g/mol. The third kappa shape index (κ3) is 5.12. The molecule has 0 saturated heterocycles.